The van der Waals surface area contributed by atoms with Gasteiger partial charge in [-0.15, -0.1) is 0 Å². The van der Waals surface area contributed by atoms with Crippen molar-refractivity contribution in [2.45, 2.75) is 6.92 Å². The number of nitrogens with zero attached hydrogens (tertiary/aromatic N) is 2. The average Bonchev–Trinajstić information content (AvgIpc) is 2.38. The summed E-state index contributed by atoms with van der Waals surface area (Å²) in [7, 11) is -1.40. The fourth-order valence-electron chi connectivity index (χ4n) is 1.26. The van der Waals surface area contributed by atoms with Crippen LogP contribution in [0.5, 0.6) is 11.5 Å². The second-order valence-corrected chi connectivity index (χ2v) is 6.03. The molecule has 0 radical (unpaired) electrons. The molecule has 0 aliphatic rings. The molecule has 0 unspecified atom stereocenters. The van der Waals surface area contributed by atoms with Gasteiger partial charge in [-0.05, 0) is 30.7 Å². The lowest BCUT2D eigenvalue weighted by molar-refractivity contribution is -0.113. The highest BCUT2D eigenvalue weighted by Gasteiger charge is 2.18. The van der Waals surface area contributed by atoms with Gasteiger partial charge in [0, 0.05) is 14.1 Å². The number of allylic oxidation sites excluding steroid dienone is 1. The van der Waals surface area contributed by atoms with Gasteiger partial charge in [-0.2, -0.15) is 18.0 Å². The van der Waals surface area contributed by atoms with Crippen molar-refractivity contribution >= 4 is 22.2 Å². The van der Waals surface area contributed by atoms with Gasteiger partial charge in [0.15, 0.2) is 17.3 Å². The van der Waals surface area contributed by atoms with Gasteiger partial charge >= 0.3 is 10.3 Å². The van der Waals surface area contributed by atoms with E-state index >= 15 is 0 Å². The van der Waals surface area contributed by atoms with Crippen molar-refractivity contribution in [3.8, 4) is 17.6 Å². The van der Waals surface area contributed by atoms with Crippen molar-refractivity contribution in [1.29, 1.82) is 5.26 Å². The SMILES string of the molecule is CC(=O)/C(C#N)=C\c1ccc(OS(=O)(=O)N(C)C)c(O)c1. The van der Waals surface area contributed by atoms with Crippen LogP contribution in [0.15, 0.2) is 23.8 Å². The lowest BCUT2D eigenvalue weighted by atomic mass is 10.1. The second kappa shape index (κ2) is 6.39. The molecule has 0 fully saturated rings. The molecule has 0 aliphatic carbocycles. The van der Waals surface area contributed by atoms with E-state index in [2.05, 4.69) is 0 Å². The maximum Gasteiger partial charge on any atom is 0.384 e. The number of Topliss-reactive ketones (excluding diaryl/α,β-unsaturated/α-hetero) is 1. The van der Waals surface area contributed by atoms with E-state index in [0.29, 0.717) is 5.56 Å². The Morgan fingerprint density at radius 1 is 1.43 bits per heavy atom. The van der Waals surface area contributed by atoms with Gasteiger partial charge in [0.05, 0.1) is 5.57 Å². The topological polar surface area (TPSA) is 108 Å². The molecule has 0 heterocycles. The minimum absolute atomic E-state index is 0.0796. The molecule has 0 saturated heterocycles. The first kappa shape index (κ1) is 16.7. The molecule has 0 saturated carbocycles. The first-order chi connectivity index (χ1) is 9.67. The highest BCUT2D eigenvalue weighted by atomic mass is 32.2. The molecular formula is C13H14N2O5S. The van der Waals surface area contributed by atoms with Gasteiger partial charge in [-0.3, -0.25) is 4.79 Å². The van der Waals surface area contributed by atoms with Gasteiger partial charge in [-0.1, -0.05) is 6.07 Å². The van der Waals surface area contributed by atoms with E-state index in [0.717, 1.165) is 4.31 Å². The van der Waals surface area contributed by atoms with Crippen LogP contribution in [-0.4, -0.2) is 37.7 Å². The average molecular weight is 310 g/mol. The summed E-state index contributed by atoms with van der Waals surface area (Å²) in [5.74, 6) is -1.08. The molecule has 7 nitrogen and oxygen atoms in total. The molecule has 21 heavy (non-hydrogen) atoms. The molecule has 0 atom stereocenters. The third kappa shape index (κ3) is 4.30. The standard InChI is InChI=1S/C13H14N2O5S/c1-9(16)11(8-14)6-10-4-5-13(12(17)7-10)20-21(18,19)15(2)3/h4-7,17H,1-3H3/b11-6-. The monoisotopic (exact) mass is 310 g/mol. The minimum atomic E-state index is -3.98. The fraction of sp³-hybridized carbons (Fsp3) is 0.231. The van der Waals surface area contributed by atoms with Crippen LogP contribution in [-0.2, 0) is 15.1 Å². The second-order valence-electron chi connectivity index (χ2n) is 4.28. The van der Waals surface area contributed by atoms with Crippen molar-refractivity contribution in [3.05, 3.63) is 29.3 Å². The Balaban J connectivity index is 3.13. The molecule has 0 amide bonds. The Labute approximate surface area is 122 Å². The van der Waals surface area contributed by atoms with E-state index in [1.54, 1.807) is 6.07 Å². The zero-order valence-electron chi connectivity index (χ0n) is 11.7. The molecule has 112 valence electrons. The van der Waals surface area contributed by atoms with E-state index in [1.165, 1.54) is 45.3 Å². The maximum absolute atomic E-state index is 11.5. The number of phenols is 1. The maximum atomic E-state index is 11.5. The molecule has 0 aliphatic heterocycles. The number of nitriles is 1. The summed E-state index contributed by atoms with van der Waals surface area (Å²) in [5.41, 5.74) is 0.290. The predicted octanol–water partition coefficient (Wildman–Crippen LogP) is 1.07. The third-order valence-electron chi connectivity index (χ3n) is 2.44. The quantitative estimate of drug-likeness (QED) is 0.644. The summed E-state index contributed by atoms with van der Waals surface area (Å²) in [5, 5.41) is 18.5. The molecule has 1 N–H and O–H groups in total. The molecule has 0 aromatic heterocycles. The van der Waals surface area contributed by atoms with E-state index in [1.807, 2.05) is 0 Å². The summed E-state index contributed by atoms with van der Waals surface area (Å²) >= 11 is 0. The first-order valence-electron chi connectivity index (χ1n) is 5.75. The molecule has 0 spiro atoms. The molecule has 0 bridgehead atoms. The number of hydrogen-bond acceptors (Lipinski definition) is 6. The lowest BCUT2D eigenvalue weighted by Gasteiger charge is -2.13. The Hall–Kier alpha value is -2.37. The Morgan fingerprint density at radius 3 is 2.48 bits per heavy atom. The molecule has 1 aromatic rings. The zero-order chi connectivity index (χ0) is 16.2. The van der Waals surface area contributed by atoms with Gasteiger partial charge < -0.3 is 9.29 Å². The van der Waals surface area contributed by atoms with Gasteiger partial charge in [0.1, 0.15) is 6.07 Å². The van der Waals surface area contributed by atoms with Crippen molar-refractivity contribution in [1.82, 2.24) is 4.31 Å². The van der Waals surface area contributed by atoms with Crippen LogP contribution < -0.4 is 4.18 Å². The van der Waals surface area contributed by atoms with Crippen LogP contribution in [0, 0.1) is 11.3 Å². The minimum Gasteiger partial charge on any atom is -0.504 e. The van der Waals surface area contributed by atoms with Crippen molar-refractivity contribution in [2.24, 2.45) is 0 Å². The Kier molecular flexibility index (Phi) is 5.07. The number of rotatable bonds is 5. The summed E-state index contributed by atoms with van der Waals surface area (Å²) in [6.07, 6.45) is 1.28. The Morgan fingerprint density at radius 2 is 2.05 bits per heavy atom. The number of carbonyl (C=O) groups is 1. The lowest BCUT2D eigenvalue weighted by Crippen LogP contribution is -2.27. The van der Waals surface area contributed by atoms with Crippen LogP contribution in [0.3, 0.4) is 0 Å². The van der Waals surface area contributed by atoms with Crippen LogP contribution in [0.4, 0.5) is 0 Å². The number of ketones is 1. The summed E-state index contributed by atoms with van der Waals surface area (Å²) < 4.78 is 28.7. The van der Waals surface area contributed by atoms with Crippen molar-refractivity contribution < 1.29 is 22.5 Å². The number of hydrogen-bond donors (Lipinski definition) is 1. The number of aromatic hydroxyl groups is 1. The van der Waals surface area contributed by atoms with E-state index < -0.39 is 21.8 Å². The van der Waals surface area contributed by atoms with Crippen LogP contribution in [0.2, 0.25) is 0 Å². The highest BCUT2D eigenvalue weighted by molar-refractivity contribution is 7.84. The summed E-state index contributed by atoms with van der Waals surface area (Å²) in [6.45, 7) is 1.25. The molecule has 1 aromatic carbocycles. The van der Waals surface area contributed by atoms with Crippen LogP contribution in [0.25, 0.3) is 6.08 Å². The molecule has 1 rings (SSSR count). The number of phenolic OH excluding ortho intramolecular Hbond substituents is 1. The smallest absolute Gasteiger partial charge is 0.384 e. The van der Waals surface area contributed by atoms with Gasteiger partial charge in [-0.25, -0.2) is 0 Å². The predicted molar refractivity (Wildman–Crippen MR) is 75.6 cm³/mol. The van der Waals surface area contributed by atoms with E-state index in [-0.39, 0.29) is 11.3 Å². The van der Waals surface area contributed by atoms with E-state index in [4.69, 9.17) is 9.44 Å². The molecular weight excluding hydrogens is 296 g/mol. The third-order valence-corrected chi connectivity index (χ3v) is 3.72. The summed E-state index contributed by atoms with van der Waals surface area (Å²) in [6, 6.07) is 5.58. The Bertz CT molecular complexity index is 729. The summed E-state index contributed by atoms with van der Waals surface area (Å²) in [4.78, 5) is 11.1. The zero-order valence-corrected chi connectivity index (χ0v) is 12.5. The largest absolute Gasteiger partial charge is 0.504 e. The number of benzene rings is 1. The van der Waals surface area contributed by atoms with Crippen LogP contribution >= 0.6 is 0 Å². The van der Waals surface area contributed by atoms with Gasteiger partial charge in [0.2, 0.25) is 0 Å². The van der Waals surface area contributed by atoms with Crippen LogP contribution in [0.1, 0.15) is 12.5 Å². The molecule has 8 heteroatoms. The van der Waals surface area contributed by atoms with E-state index in [9.17, 15) is 18.3 Å². The van der Waals surface area contributed by atoms with Crippen molar-refractivity contribution in [2.75, 3.05) is 14.1 Å². The first-order valence-corrected chi connectivity index (χ1v) is 7.11. The van der Waals surface area contributed by atoms with Crippen molar-refractivity contribution in [3.63, 3.8) is 0 Å². The normalized spacial score (nSPS) is 12.0. The highest BCUT2D eigenvalue weighted by Crippen LogP contribution is 2.29. The number of carbonyl (C=O) groups excluding carboxylic acids is 1. The fourth-order valence-corrected chi connectivity index (χ4v) is 1.78. The van der Waals surface area contributed by atoms with Gasteiger partial charge in [0.25, 0.3) is 0 Å².